The highest BCUT2D eigenvalue weighted by Crippen LogP contribution is 2.35. The van der Waals surface area contributed by atoms with Gasteiger partial charge in [-0.2, -0.15) is 0 Å². The lowest BCUT2D eigenvalue weighted by Crippen LogP contribution is -2.09. The van der Waals surface area contributed by atoms with Gasteiger partial charge in [0.05, 0.1) is 11.0 Å². The molecule has 0 radical (unpaired) electrons. The first-order chi connectivity index (χ1) is 11.4. The number of fused-ring (bicyclic) bond motifs is 3. The molecule has 2 heteroatoms. The van der Waals surface area contributed by atoms with Gasteiger partial charge in [-0.05, 0) is 23.8 Å². The van der Waals surface area contributed by atoms with E-state index in [1.807, 2.05) is 6.07 Å². The van der Waals surface area contributed by atoms with E-state index in [2.05, 4.69) is 82.8 Å². The van der Waals surface area contributed by atoms with E-state index in [4.69, 9.17) is 0 Å². The maximum Gasteiger partial charge on any atom is 0.0571 e. The first-order valence-corrected chi connectivity index (χ1v) is 7.93. The Morgan fingerprint density at radius 3 is 2.43 bits per heavy atom. The van der Waals surface area contributed by atoms with Gasteiger partial charge in [-0.15, -0.1) is 0 Å². The van der Waals surface area contributed by atoms with E-state index >= 15 is 0 Å². The summed E-state index contributed by atoms with van der Waals surface area (Å²) in [5.41, 5.74) is 6.33. The van der Waals surface area contributed by atoms with Gasteiger partial charge in [0.2, 0.25) is 0 Å². The molecule has 110 valence electrons. The van der Waals surface area contributed by atoms with Crippen LogP contribution in [-0.4, -0.2) is 4.57 Å². The van der Waals surface area contributed by atoms with Crippen LogP contribution in [-0.2, 0) is 6.42 Å². The topological polar surface area (TPSA) is 17.0 Å². The van der Waals surface area contributed by atoms with Gasteiger partial charge in [0.15, 0.2) is 0 Å². The van der Waals surface area contributed by atoms with Gasteiger partial charge in [-0.25, -0.2) is 0 Å². The van der Waals surface area contributed by atoms with Gasteiger partial charge in [-0.3, -0.25) is 0 Å². The zero-order valence-corrected chi connectivity index (χ0v) is 12.7. The molecule has 0 atom stereocenters. The number of para-hydroxylation sites is 3. The fourth-order valence-electron chi connectivity index (χ4n) is 3.59. The minimum atomic E-state index is 0.933. The molecular formula is C21H16N2. The summed E-state index contributed by atoms with van der Waals surface area (Å²) in [6.07, 6.45) is 3.17. The average Bonchev–Trinajstić information content (AvgIpc) is 2.92. The second kappa shape index (κ2) is 4.75. The van der Waals surface area contributed by atoms with Crippen LogP contribution in [0.25, 0.3) is 28.0 Å². The Kier molecular flexibility index (Phi) is 2.59. The lowest BCUT2D eigenvalue weighted by Gasteiger charge is -2.18. The summed E-state index contributed by atoms with van der Waals surface area (Å²) in [5.74, 6) is 0. The van der Waals surface area contributed by atoms with Crippen molar-refractivity contribution in [1.82, 2.24) is 4.57 Å². The Labute approximate surface area is 134 Å². The molecule has 0 spiro atoms. The third-order valence-electron chi connectivity index (χ3n) is 4.56. The van der Waals surface area contributed by atoms with Crippen molar-refractivity contribution in [1.29, 1.82) is 0 Å². The minimum Gasteiger partial charge on any atom is -0.357 e. The molecule has 1 aliphatic heterocycles. The largest absolute Gasteiger partial charge is 0.357 e. The number of aromatic nitrogens is 1. The second-order valence-corrected chi connectivity index (χ2v) is 6.02. The van der Waals surface area contributed by atoms with Crippen molar-refractivity contribution in [2.24, 2.45) is 0 Å². The highest BCUT2D eigenvalue weighted by atomic mass is 15.0. The lowest BCUT2D eigenvalue weighted by atomic mass is 10.0. The van der Waals surface area contributed by atoms with Crippen molar-refractivity contribution >= 4 is 33.7 Å². The Morgan fingerprint density at radius 1 is 0.739 bits per heavy atom. The van der Waals surface area contributed by atoms with E-state index in [0.717, 1.165) is 12.1 Å². The number of anilines is 1. The molecule has 2 nitrogen and oxygen atoms in total. The van der Waals surface area contributed by atoms with Gasteiger partial charge in [0.25, 0.3) is 0 Å². The summed E-state index contributed by atoms with van der Waals surface area (Å²) < 4.78 is 2.33. The summed E-state index contributed by atoms with van der Waals surface area (Å²) in [7, 11) is 0. The third kappa shape index (κ3) is 1.88. The summed E-state index contributed by atoms with van der Waals surface area (Å²) in [6.45, 7) is 0. The van der Waals surface area contributed by atoms with Gasteiger partial charge >= 0.3 is 0 Å². The molecule has 4 aromatic rings. The smallest absolute Gasteiger partial charge is 0.0571 e. The van der Waals surface area contributed by atoms with E-state index in [9.17, 15) is 0 Å². The highest BCUT2D eigenvalue weighted by molar-refractivity contribution is 6.11. The molecule has 1 aliphatic rings. The third-order valence-corrected chi connectivity index (χ3v) is 4.56. The molecule has 0 unspecified atom stereocenters. The van der Waals surface area contributed by atoms with E-state index in [1.54, 1.807) is 0 Å². The van der Waals surface area contributed by atoms with Crippen LogP contribution in [0.4, 0.5) is 5.69 Å². The molecule has 0 amide bonds. The van der Waals surface area contributed by atoms with Gasteiger partial charge in [-0.1, -0.05) is 54.6 Å². The van der Waals surface area contributed by atoms with E-state index in [-0.39, 0.29) is 0 Å². The molecule has 0 fully saturated rings. The number of allylic oxidation sites excluding steroid dienone is 1. The molecule has 5 rings (SSSR count). The fraction of sp³-hybridized carbons (Fsp3) is 0.0476. The number of rotatable bonds is 2. The van der Waals surface area contributed by atoms with Crippen LogP contribution in [0.1, 0.15) is 5.56 Å². The second-order valence-electron chi connectivity index (χ2n) is 6.02. The van der Waals surface area contributed by atoms with Crippen LogP contribution in [0.5, 0.6) is 0 Å². The standard InChI is InChI=1S/C21H16N2/c1-2-8-16(9-3-1)22-17-13-15-7-6-11-19-18-10-4-5-12-20(18)23(14-17)21(15)19/h1-12,14,22H,13H2. The van der Waals surface area contributed by atoms with Crippen molar-refractivity contribution in [2.75, 3.05) is 5.32 Å². The summed E-state index contributed by atoms with van der Waals surface area (Å²) >= 11 is 0. The molecule has 0 saturated heterocycles. The number of nitrogens with one attached hydrogen (secondary N) is 1. The lowest BCUT2D eigenvalue weighted by molar-refractivity contribution is 1.09. The van der Waals surface area contributed by atoms with Crippen molar-refractivity contribution in [3.05, 3.63) is 84.1 Å². The zero-order chi connectivity index (χ0) is 15.2. The SMILES string of the molecule is C1=C(Nc2ccccc2)Cc2cccc3c4ccccc4n1c23. The summed E-state index contributed by atoms with van der Waals surface area (Å²) in [6, 6.07) is 25.6. The molecule has 0 bridgehead atoms. The zero-order valence-electron chi connectivity index (χ0n) is 12.7. The van der Waals surface area contributed by atoms with Crippen LogP contribution in [0, 0.1) is 0 Å². The van der Waals surface area contributed by atoms with Crippen LogP contribution in [0.2, 0.25) is 0 Å². The summed E-state index contributed by atoms with van der Waals surface area (Å²) in [4.78, 5) is 0. The molecule has 0 saturated carbocycles. The van der Waals surface area contributed by atoms with E-state index in [1.165, 1.54) is 33.1 Å². The van der Waals surface area contributed by atoms with E-state index in [0.29, 0.717) is 0 Å². The summed E-state index contributed by atoms with van der Waals surface area (Å²) in [5, 5.41) is 6.22. The predicted octanol–water partition coefficient (Wildman–Crippen LogP) is 5.26. The van der Waals surface area contributed by atoms with Crippen LogP contribution in [0.15, 0.2) is 78.5 Å². The molecule has 0 aliphatic carbocycles. The number of benzene rings is 3. The number of hydrogen-bond donors (Lipinski definition) is 1. The molecular weight excluding hydrogens is 280 g/mol. The molecule has 1 aromatic heterocycles. The van der Waals surface area contributed by atoms with Crippen LogP contribution >= 0.6 is 0 Å². The van der Waals surface area contributed by atoms with Crippen molar-refractivity contribution in [3.8, 4) is 0 Å². The Hall–Kier alpha value is -3.00. The monoisotopic (exact) mass is 296 g/mol. The van der Waals surface area contributed by atoms with Crippen molar-refractivity contribution in [2.45, 2.75) is 6.42 Å². The number of nitrogens with zero attached hydrogens (tertiary/aromatic N) is 1. The van der Waals surface area contributed by atoms with Gasteiger partial charge < -0.3 is 9.88 Å². The Morgan fingerprint density at radius 2 is 1.52 bits per heavy atom. The molecule has 3 aromatic carbocycles. The molecule has 23 heavy (non-hydrogen) atoms. The Balaban J connectivity index is 1.73. The van der Waals surface area contributed by atoms with Crippen molar-refractivity contribution < 1.29 is 0 Å². The maximum absolute atomic E-state index is 3.56. The molecule has 2 heterocycles. The predicted molar refractivity (Wildman–Crippen MR) is 97.5 cm³/mol. The molecule has 1 N–H and O–H groups in total. The first kappa shape index (κ1) is 12.5. The normalized spacial score (nSPS) is 13.3. The van der Waals surface area contributed by atoms with E-state index < -0.39 is 0 Å². The highest BCUT2D eigenvalue weighted by Gasteiger charge is 2.17. The quantitative estimate of drug-likeness (QED) is 0.534. The first-order valence-electron chi connectivity index (χ1n) is 7.93. The van der Waals surface area contributed by atoms with Crippen LogP contribution in [0.3, 0.4) is 0 Å². The van der Waals surface area contributed by atoms with Crippen molar-refractivity contribution in [3.63, 3.8) is 0 Å². The van der Waals surface area contributed by atoms with Crippen LogP contribution < -0.4 is 5.32 Å². The Bertz CT molecular complexity index is 1060. The minimum absolute atomic E-state index is 0.933. The fourth-order valence-corrected chi connectivity index (χ4v) is 3.59. The average molecular weight is 296 g/mol. The van der Waals surface area contributed by atoms with Gasteiger partial charge in [0, 0.05) is 34.8 Å². The number of hydrogen-bond acceptors (Lipinski definition) is 1. The maximum atomic E-state index is 3.56. The van der Waals surface area contributed by atoms with Gasteiger partial charge in [0.1, 0.15) is 0 Å².